The third-order valence-electron chi connectivity index (χ3n) is 0.882. The van der Waals surface area contributed by atoms with E-state index >= 15 is 0 Å². The lowest BCUT2D eigenvalue weighted by atomic mass is 10.5. The van der Waals surface area contributed by atoms with Crippen LogP contribution in [0.4, 0.5) is 0 Å². The average Bonchev–Trinajstić information content (AvgIpc) is 2.14. The second-order valence-corrected chi connectivity index (χ2v) is 2.74. The molecule has 0 fully saturated rings. The number of nitrogens with zero attached hydrogens (tertiary/aromatic N) is 1. The van der Waals surface area contributed by atoms with E-state index in [0.29, 0.717) is 0 Å². The Morgan fingerprint density at radius 1 is 2.00 bits per heavy atom. The highest BCUT2D eigenvalue weighted by Gasteiger charge is 2.11. The predicted molar refractivity (Wildman–Crippen MR) is 36.4 cm³/mol. The molecule has 0 saturated carbocycles. The fraction of sp³-hybridized carbons (Fsp3) is 0.750. The van der Waals surface area contributed by atoms with Gasteiger partial charge in [0.15, 0.2) is 0 Å². The number of nitrogens with two attached hydrogens (primary N) is 1. The minimum absolute atomic E-state index is 0.00931. The van der Waals surface area contributed by atoms with Gasteiger partial charge in [0, 0.05) is 0 Å². The van der Waals surface area contributed by atoms with Crippen molar-refractivity contribution in [3.8, 4) is 0 Å². The maximum Gasteiger partial charge on any atom is 0.144 e. The number of thioether (sulfide) groups is 1. The zero-order valence-electron chi connectivity index (χ0n) is 4.72. The SMILES string of the molecule is CCC1=NNC(N)S1. The summed E-state index contributed by atoms with van der Waals surface area (Å²) in [5, 5.41) is 5.03. The van der Waals surface area contributed by atoms with Crippen LogP contribution in [0.1, 0.15) is 13.3 Å². The molecule has 0 aliphatic carbocycles. The molecule has 0 aromatic rings. The number of nitrogens with one attached hydrogen (secondary N) is 1. The summed E-state index contributed by atoms with van der Waals surface area (Å²) in [5.74, 6) is 0. The Kier molecular flexibility index (Phi) is 1.75. The number of hydrogen-bond acceptors (Lipinski definition) is 4. The molecule has 0 aromatic heterocycles. The van der Waals surface area contributed by atoms with E-state index in [-0.39, 0.29) is 5.50 Å². The van der Waals surface area contributed by atoms with Crippen LogP contribution in [0.2, 0.25) is 0 Å². The smallest absolute Gasteiger partial charge is 0.144 e. The zero-order valence-corrected chi connectivity index (χ0v) is 5.53. The first-order valence-electron chi connectivity index (χ1n) is 2.57. The quantitative estimate of drug-likeness (QED) is 0.537. The summed E-state index contributed by atoms with van der Waals surface area (Å²) in [6.45, 7) is 2.06. The van der Waals surface area contributed by atoms with Crippen molar-refractivity contribution in [2.45, 2.75) is 18.8 Å². The molecule has 1 heterocycles. The van der Waals surface area contributed by atoms with Crippen LogP contribution in [0, 0.1) is 0 Å². The maximum absolute atomic E-state index is 5.44. The Hall–Kier alpha value is -0.220. The summed E-state index contributed by atoms with van der Waals surface area (Å²) >= 11 is 1.58. The van der Waals surface area contributed by atoms with Gasteiger partial charge in [-0.15, -0.1) is 0 Å². The monoisotopic (exact) mass is 131 g/mol. The van der Waals surface area contributed by atoms with E-state index in [2.05, 4.69) is 17.5 Å². The van der Waals surface area contributed by atoms with E-state index in [4.69, 9.17) is 5.73 Å². The molecular formula is C4H9N3S. The van der Waals surface area contributed by atoms with E-state index in [9.17, 15) is 0 Å². The first-order valence-corrected chi connectivity index (χ1v) is 3.45. The molecule has 1 unspecified atom stereocenters. The van der Waals surface area contributed by atoms with Gasteiger partial charge in [-0.2, -0.15) is 5.10 Å². The first-order chi connectivity index (χ1) is 3.83. The summed E-state index contributed by atoms with van der Waals surface area (Å²) in [6, 6.07) is 0. The summed E-state index contributed by atoms with van der Waals surface area (Å²) in [4.78, 5) is 0. The molecule has 4 heteroatoms. The van der Waals surface area contributed by atoms with E-state index in [0.717, 1.165) is 11.5 Å². The van der Waals surface area contributed by atoms with Gasteiger partial charge in [0.2, 0.25) is 0 Å². The second-order valence-electron chi connectivity index (χ2n) is 1.53. The highest BCUT2D eigenvalue weighted by Crippen LogP contribution is 2.14. The van der Waals surface area contributed by atoms with Gasteiger partial charge in [0.05, 0.1) is 5.04 Å². The van der Waals surface area contributed by atoms with Crippen molar-refractivity contribution in [2.75, 3.05) is 0 Å². The molecule has 1 aliphatic rings. The molecular weight excluding hydrogens is 122 g/mol. The molecule has 0 spiro atoms. The molecule has 3 nitrogen and oxygen atoms in total. The van der Waals surface area contributed by atoms with E-state index < -0.39 is 0 Å². The third-order valence-corrected chi connectivity index (χ3v) is 1.89. The Balaban J connectivity index is 2.37. The molecule has 0 amide bonds. The summed E-state index contributed by atoms with van der Waals surface area (Å²) in [7, 11) is 0. The Bertz CT molecular complexity index is 112. The standard InChI is InChI=1S/C4H9N3S/c1-2-3-6-7-4(5)8-3/h4,7H,2,5H2,1H3. The van der Waals surface area contributed by atoms with Gasteiger partial charge in [-0.3, -0.25) is 5.43 Å². The fourth-order valence-electron chi connectivity index (χ4n) is 0.497. The van der Waals surface area contributed by atoms with Crippen LogP contribution in [-0.4, -0.2) is 10.5 Å². The molecule has 0 radical (unpaired) electrons. The zero-order chi connectivity index (χ0) is 5.98. The molecule has 1 rings (SSSR count). The predicted octanol–water partition coefficient (Wildman–Crippen LogP) is 0.289. The van der Waals surface area contributed by atoms with E-state index in [1.54, 1.807) is 11.8 Å². The van der Waals surface area contributed by atoms with Crippen molar-refractivity contribution in [1.82, 2.24) is 5.43 Å². The summed E-state index contributed by atoms with van der Waals surface area (Å²) < 4.78 is 0. The van der Waals surface area contributed by atoms with Crippen LogP contribution in [0.25, 0.3) is 0 Å². The molecule has 46 valence electrons. The molecule has 3 N–H and O–H groups in total. The van der Waals surface area contributed by atoms with Crippen molar-refractivity contribution in [3.63, 3.8) is 0 Å². The molecule has 8 heavy (non-hydrogen) atoms. The normalized spacial score (nSPS) is 27.2. The molecule has 1 aliphatic heterocycles. The highest BCUT2D eigenvalue weighted by molar-refractivity contribution is 8.14. The number of rotatable bonds is 1. The molecule has 0 saturated heterocycles. The minimum atomic E-state index is -0.00931. The Morgan fingerprint density at radius 2 is 2.75 bits per heavy atom. The average molecular weight is 131 g/mol. The third kappa shape index (κ3) is 1.14. The van der Waals surface area contributed by atoms with Crippen LogP contribution in [-0.2, 0) is 0 Å². The maximum atomic E-state index is 5.44. The van der Waals surface area contributed by atoms with Crippen molar-refractivity contribution in [2.24, 2.45) is 10.8 Å². The summed E-state index contributed by atoms with van der Waals surface area (Å²) in [5.41, 5.74) is 8.18. The van der Waals surface area contributed by atoms with Gasteiger partial charge in [-0.1, -0.05) is 18.7 Å². The lowest BCUT2D eigenvalue weighted by molar-refractivity contribution is 0.728. The van der Waals surface area contributed by atoms with Crippen molar-refractivity contribution < 1.29 is 0 Å². The van der Waals surface area contributed by atoms with Crippen LogP contribution in [0.3, 0.4) is 0 Å². The van der Waals surface area contributed by atoms with Gasteiger partial charge in [0.25, 0.3) is 0 Å². The lowest BCUT2D eigenvalue weighted by Gasteiger charge is -1.96. The lowest BCUT2D eigenvalue weighted by Crippen LogP contribution is -2.25. The van der Waals surface area contributed by atoms with Gasteiger partial charge in [0.1, 0.15) is 5.50 Å². The molecule has 1 atom stereocenters. The number of hydrogen-bond donors (Lipinski definition) is 2. The van der Waals surface area contributed by atoms with Crippen molar-refractivity contribution in [3.05, 3.63) is 0 Å². The van der Waals surface area contributed by atoms with Gasteiger partial charge >= 0.3 is 0 Å². The van der Waals surface area contributed by atoms with Gasteiger partial charge in [-0.05, 0) is 6.42 Å². The van der Waals surface area contributed by atoms with Gasteiger partial charge in [-0.25, -0.2) is 0 Å². The highest BCUT2D eigenvalue weighted by atomic mass is 32.2. The Morgan fingerprint density at radius 3 is 3.00 bits per heavy atom. The number of hydrazone groups is 1. The summed E-state index contributed by atoms with van der Waals surface area (Å²) in [6.07, 6.45) is 0.978. The van der Waals surface area contributed by atoms with E-state index in [1.165, 1.54) is 0 Å². The minimum Gasteiger partial charge on any atom is -0.301 e. The van der Waals surface area contributed by atoms with Crippen LogP contribution >= 0.6 is 11.8 Å². The second kappa shape index (κ2) is 2.37. The first kappa shape index (κ1) is 5.91. The van der Waals surface area contributed by atoms with Crippen LogP contribution < -0.4 is 11.2 Å². The largest absolute Gasteiger partial charge is 0.301 e. The van der Waals surface area contributed by atoms with E-state index in [1.807, 2.05) is 0 Å². The Labute approximate surface area is 52.7 Å². The topological polar surface area (TPSA) is 50.4 Å². The molecule has 0 bridgehead atoms. The van der Waals surface area contributed by atoms with Crippen LogP contribution in [0.5, 0.6) is 0 Å². The van der Waals surface area contributed by atoms with Crippen molar-refractivity contribution in [1.29, 1.82) is 0 Å². The van der Waals surface area contributed by atoms with Gasteiger partial charge < -0.3 is 5.73 Å². The van der Waals surface area contributed by atoms with Crippen LogP contribution in [0.15, 0.2) is 5.10 Å². The molecule has 0 aromatic carbocycles. The fourth-order valence-corrected chi connectivity index (χ4v) is 1.17. The van der Waals surface area contributed by atoms with Crippen molar-refractivity contribution >= 4 is 16.8 Å².